The molecule has 1 atom stereocenters. The lowest BCUT2D eigenvalue weighted by molar-refractivity contribution is -0.137. The van der Waals surface area contributed by atoms with Gasteiger partial charge >= 0.3 is 6.18 Å². The topological polar surface area (TPSA) is 55.2 Å². The molecule has 0 spiro atoms. The van der Waals surface area contributed by atoms with Crippen LogP contribution >= 0.6 is 12.2 Å². The molecule has 5 nitrogen and oxygen atoms in total. The molecule has 1 aromatic carbocycles. The Morgan fingerprint density at radius 1 is 1.35 bits per heavy atom. The molecule has 1 fully saturated rings. The van der Waals surface area contributed by atoms with Gasteiger partial charge in [-0.3, -0.25) is 5.10 Å². The largest absolute Gasteiger partial charge is 0.416 e. The van der Waals surface area contributed by atoms with E-state index in [0.717, 1.165) is 25.0 Å². The van der Waals surface area contributed by atoms with Gasteiger partial charge in [0.15, 0.2) is 5.82 Å². The summed E-state index contributed by atoms with van der Waals surface area (Å²) in [5, 5.41) is 11.0. The van der Waals surface area contributed by atoms with Crippen molar-refractivity contribution in [3.05, 3.63) is 46.0 Å². The summed E-state index contributed by atoms with van der Waals surface area (Å²) in [5.74, 6) is 0.565. The average molecular weight is 342 g/mol. The zero-order chi connectivity index (χ0) is 16.4. The van der Waals surface area contributed by atoms with Crippen LogP contribution in [0.5, 0.6) is 0 Å². The molecule has 2 aromatic rings. The molecule has 9 heteroatoms. The number of hydrogen-bond donors (Lipinski definition) is 1. The van der Waals surface area contributed by atoms with Gasteiger partial charge in [0.2, 0.25) is 4.77 Å². The molecule has 0 unspecified atom stereocenters. The fourth-order valence-corrected chi connectivity index (χ4v) is 2.47. The van der Waals surface area contributed by atoms with Gasteiger partial charge in [-0.1, -0.05) is 12.1 Å². The Labute approximate surface area is 134 Å². The predicted molar refractivity (Wildman–Crippen MR) is 79.8 cm³/mol. The van der Waals surface area contributed by atoms with Crippen LogP contribution in [0.2, 0.25) is 0 Å². The molecule has 2 heterocycles. The van der Waals surface area contributed by atoms with E-state index in [0.29, 0.717) is 22.8 Å². The van der Waals surface area contributed by atoms with E-state index >= 15 is 0 Å². The maximum absolute atomic E-state index is 12.5. The van der Waals surface area contributed by atoms with E-state index in [1.807, 2.05) is 0 Å². The van der Waals surface area contributed by atoms with E-state index in [-0.39, 0.29) is 6.10 Å². The molecule has 0 aliphatic carbocycles. The highest BCUT2D eigenvalue weighted by atomic mass is 32.1. The number of ether oxygens (including phenoxy) is 1. The van der Waals surface area contributed by atoms with Crippen molar-refractivity contribution in [3.8, 4) is 0 Å². The molecule has 0 amide bonds. The monoisotopic (exact) mass is 342 g/mol. The van der Waals surface area contributed by atoms with Crippen LogP contribution in [0.15, 0.2) is 29.4 Å². The van der Waals surface area contributed by atoms with Crippen molar-refractivity contribution in [1.29, 1.82) is 0 Å². The van der Waals surface area contributed by atoms with E-state index in [1.54, 1.807) is 0 Å². The predicted octanol–water partition coefficient (Wildman–Crippen LogP) is 3.69. The molecule has 1 aromatic heterocycles. The Hall–Kier alpha value is -2.00. The highest BCUT2D eigenvalue weighted by Gasteiger charge is 2.29. The molecule has 0 radical (unpaired) electrons. The first kappa shape index (κ1) is 15.9. The minimum Gasteiger partial charge on any atom is -0.370 e. The first-order valence-electron chi connectivity index (χ1n) is 6.96. The number of H-pyrrole nitrogens is 1. The van der Waals surface area contributed by atoms with Crippen LogP contribution in [-0.4, -0.2) is 27.7 Å². The van der Waals surface area contributed by atoms with Gasteiger partial charge < -0.3 is 4.74 Å². The summed E-state index contributed by atoms with van der Waals surface area (Å²) in [6.45, 7) is 0.660. The minimum atomic E-state index is -4.35. The number of rotatable bonds is 3. The molecule has 1 aliphatic rings. The number of hydrogen-bond acceptors (Lipinski definition) is 4. The Bertz CT molecular complexity index is 758. The normalized spacial score (nSPS) is 18.8. The van der Waals surface area contributed by atoms with Crippen molar-refractivity contribution in [2.24, 2.45) is 5.10 Å². The van der Waals surface area contributed by atoms with E-state index < -0.39 is 11.7 Å². The zero-order valence-electron chi connectivity index (χ0n) is 11.9. The first-order chi connectivity index (χ1) is 10.9. The maximum Gasteiger partial charge on any atom is 0.416 e. The molecule has 23 heavy (non-hydrogen) atoms. The quantitative estimate of drug-likeness (QED) is 0.684. The second kappa shape index (κ2) is 6.25. The van der Waals surface area contributed by atoms with Crippen LogP contribution in [-0.2, 0) is 10.9 Å². The van der Waals surface area contributed by atoms with Gasteiger partial charge in [0.25, 0.3) is 0 Å². The summed E-state index contributed by atoms with van der Waals surface area (Å²) in [6.07, 6.45) is -1.32. The average Bonchev–Trinajstić information content (AvgIpc) is 3.14. The molecule has 0 bridgehead atoms. The Morgan fingerprint density at radius 2 is 2.09 bits per heavy atom. The van der Waals surface area contributed by atoms with Gasteiger partial charge in [0.05, 0.1) is 11.8 Å². The third-order valence-corrected chi connectivity index (χ3v) is 3.72. The lowest BCUT2D eigenvalue weighted by Crippen LogP contribution is -2.06. The van der Waals surface area contributed by atoms with Crippen LogP contribution < -0.4 is 0 Å². The lowest BCUT2D eigenvalue weighted by Gasteiger charge is -2.07. The Morgan fingerprint density at radius 3 is 2.70 bits per heavy atom. The van der Waals surface area contributed by atoms with Crippen molar-refractivity contribution in [3.63, 3.8) is 0 Å². The van der Waals surface area contributed by atoms with Crippen molar-refractivity contribution in [2.45, 2.75) is 25.1 Å². The summed E-state index contributed by atoms with van der Waals surface area (Å²) in [5.41, 5.74) is -0.172. The van der Waals surface area contributed by atoms with Crippen molar-refractivity contribution in [1.82, 2.24) is 14.9 Å². The molecule has 1 saturated heterocycles. The van der Waals surface area contributed by atoms with E-state index in [1.165, 1.54) is 23.0 Å². The highest BCUT2D eigenvalue weighted by Crippen LogP contribution is 2.29. The zero-order valence-corrected chi connectivity index (χ0v) is 12.7. The molecule has 122 valence electrons. The first-order valence-corrected chi connectivity index (χ1v) is 7.36. The number of alkyl halides is 3. The summed E-state index contributed by atoms with van der Waals surface area (Å²) in [6, 6.07) is 4.72. The van der Waals surface area contributed by atoms with Crippen LogP contribution in [0.25, 0.3) is 0 Å². The standard InChI is InChI=1S/C14H13F3N4OS/c15-14(16,17)10-5-3-9(4-6-10)8-18-21-12(19-20-13(21)23)11-2-1-7-22-11/h3-6,8,11H,1-2,7H2,(H,20,23)/b18-8-/t11-/m0/s1. The molecule has 0 saturated carbocycles. The van der Waals surface area contributed by atoms with E-state index in [4.69, 9.17) is 17.0 Å². The Balaban J connectivity index is 1.83. The van der Waals surface area contributed by atoms with Gasteiger partial charge in [0.1, 0.15) is 6.10 Å². The lowest BCUT2D eigenvalue weighted by atomic mass is 10.1. The second-order valence-corrected chi connectivity index (χ2v) is 5.45. The summed E-state index contributed by atoms with van der Waals surface area (Å²) in [4.78, 5) is 0. The highest BCUT2D eigenvalue weighted by molar-refractivity contribution is 7.71. The Kier molecular flexibility index (Phi) is 4.31. The summed E-state index contributed by atoms with van der Waals surface area (Å²) >= 11 is 5.12. The van der Waals surface area contributed by atoms with E-state index in [2.05, 4.69) is 15.3 Å². The van der Waals surface area contributed by atoms with Gasteiger partial charge in [0, 0.05) is 6.61 Å². The number of halogens is 3. The van der Waals surface area contributed by atoms with E-state index in [9.17, 15) is 13.2 Å². The third-order valence-electron chi connectivity index (χ3n) is 3.45. The number of benzene rings is 1. The molecule has 1 N–H and O–H groups in total. The smallest absolute Gasteiger partial charge is 0.370 e. The fourth-order valence-electron chi connectivity index (χ4n) is 2.29. The van der Waals surface area contributed by atoms with Crippen LogP contribution in [0, 0.1) is 4.77 Å². The number of nitrogens with zero attached hydrogens (tertiary/aromatic N) is 3. The maximum atomic E-state index is 12.5. The van der Waals surface area contributed by atoms with Crippen molar-refractivity contribution in [2.75, 3.05) is 6.61 Å². The summed E-state index contributed by atoms with van der Waals surface area (Å²) < 4.78 is 44.9. The van der Waals surface area contributed by atoms with Crippen LogP contribution in [0.1, 0.15) is 35.9 Å². The number of nitrogens with one attached hydrogen (secondary N) is 1. The van der Waals surface area contributed by atoms with Gasteiger partial charge in [-0.25, -0.2) is 0 Å². The van der Waals surface area contributed by atoms with Crippen LogP contribution in [0.4, 0.5) is 13.2 Å². The number of aromatic amines is 1. The number of aromatic nitrogens is 3. The SMILES string of the molecule is FC(F)(F)c1ccc(/C=N\n2c([C@@H]3CCCO3)n[nH]c2=S)cc1. The van der Waals surface area contributed by atoms with Crippen molar-refractivity contribution >= 4 is 18.4 Å². The van der Waals surface area contributed by atoms with Gasteiger partial charge in [-0.05, 0) is 42.8 Å². The van der Waals surface area contributed by atoms with Gasteiger partial charge in [-0.2, -0.15) is 28.0 Å². The molecular weight excluding hydrogens is 329 g/mol. The molecular formula is C14H13F3N4OS. The van der Waals surface area contributed by atoms with Gasteiger partial charge in [-0.15, -0.1) is 0 Å². The fraction of sp³-hybridized carbons (Fsp3) is 0.357. The van der Waals surface area contributed by atoms with Crippen LogP contribution in [0.3, 0.4) is 0 Å². The molecule has 1 aliphatic heterocycles. The summed E-state index contributed by atoms with van der Waals surface area (Å²) in [7, 11) is 0. The third kappa shape index (κ3) is 3.50. The molecule has 3 rings (SSSR count). The van der Waals surface area contributed by atoms with Crippen molar-refractivity contribution < 1.29 is 17.9 Å². The second-order valence-electron chi connectivity index (χ2n) is 5.06. The minimum absolute atomic E-state index is 0.173.